The molecule has 2 aromatic rings. The first-order valence-corrected chi connectivity index (χ1v) is 3.39. The molecule has 1 radical (unpaired) electrons. The fourth-order valence-corrected chi connectivity index (χ4v) is 1.04. The predicted octanol–water partition coefficient (Wildman–Crippen LogP) is 1.81. The van der Waals surface area contributed by atoms with E-state index in [0.29, 0.717) is 0 Å². The van der Waals surface area contributed by atoms with Crippen LogP contribution in [0.25, 0.3) is 11.0 Å². The van der Waals surface area contributed by atoms with Gasteiger partial charge in [-0.2, -0.15) is 0 Å². The Morgan fingerprint density at radius 3 is 2.73 bits per heavy atom. The van der Waals surface area contributed by atoms with Crippen LogP contribution in [0.2, 0.25) is 0 Å². The van der Waals surface area contributed by atoms with Crippen LogP contribution in [0, 0.1) is 6.92 Å². The number of hydrogen-bond donors (Lipinski definition) is 0. The maximum Gasteiger partial charge on any atom is 0.159 e. The van der Waals surface area contributed by atoms with Gasteiger partial charge in [0.25, 0.3) is 0 Å². The summed E-state index contributed by atoms with van der Waals surface area (Å²) in [5.74, 6) is 0. The van der Waals surface area contributed by atoms with E-state index in [4.69, 9.17) is 0 Å². The van der Waals surface area contributed by atoms with Gasteiger partial charge in [0.2, 0.25) is 0 Å². The van der Waals surface area contributed by atoms with E-state index in [0.717, 1.165) is 16.6 Å². The predicted molar refractivity (Wildman–Crippen MR) is 44.0 cm³/mol. The van der Waals surface area contributed by atoms with Crippen molar-refractivity contribution in [1.29, 1.82) is 0 Å². The summed E-state index contributed by atoms with van der Waals surface area (Å²) in [5, 5.41) is 1.02. The van der Waals surface area contributed by atoms with E-state index >= 15 is 0 Å². The highest BCUT2D eigenvalue weighted by molar-refractivity contribution is 5.78. The highest BCUT2D eigenvalue weighted by atomic mass is 14.8. The third-order valence-electron chi connectivity index (χ3n) is 1.61. The number of fused-ring (bicyclic) bond motifs is 1. The molecule has 0 N–H and O–H groups in total. The minimum Gasteiger partial charge on any atom is -0.237 e. The Morgan fingerprint density at radius 1 is 1.09 bits per heavy atom. The van der Waals surface area contributed by atoms with E-state index in [1.807, 2.05) is 18.2 Å². The molecule has 0 bridgehead atoms. The SMILES string of the molecule is [CH2]c1ccnc2ncccc12. The molecule has 0 fully saturated rings. The topological polar surface area (TPSA) is 25.8 Å². The van der Waals surface area contributed by atoms with Gasteiger partial charge >= 0.3 is 0 Å². The molecular formula is C9H7N2. The number of rotatable bonds is 0. The Bertz CT molecular complexity index is 377. The molecule has 0 aromatic carbocycles. The first-order chi connectivity index (χ1) is 5.38. The van der Waals surface area contributed by atoms with Crippen molar-refractivity contribution in [2.45, 2.75) is 0 Å². The monoisotopic (exact) mass is 143 g/mol. The van der Waals surface area contributed by atoms with E-state index in [1.54, 1.807) is 12.4 Å². The fourth-order valence-electron chi connectivity index (χ4n) is 1.04. The summed E-state index contributed by atoms with van der Waals surface area (Å²) < 4.78 is 0. The minimum atomic E-state index is 0.764. The van der Waals surface area contributed by atoms with Gasteiger partial charge in [0.1, 0.15) is 0 Å². The van der Waals surface area contributed by atoms with Gasteiger partial charge in [0.05, 0.1) is 0 Å². The molecule has 0 unspecified atom stereocenters. The van der Waals surface area contributed by atoms with E-state index in [2.05, 4.69) is 16.9 Å². The van der Waals surface area contributed by atoms with Crippen molar-refractivity contribution in [3.05, 3.63) is 43.1 Å². The van der Waals surface area contributed by atoms with Crippen molar-refractivity contribution in [3.63, 3.8) is 0 Å². The highest BCUT2D eigenvalue weighted by Gasteiger charge is 1.94. The van der Waals surface area contributed by atoms with Crippen molar-refractivity contribution < 1.29 is 0 Å². The zero-order valence-electron chi connectivity index (χ0n) is 5.99. The fraction of sp³-hybridized carbons (Fsp3) is 0. The van der Waals surface area contributed by atoms with Crippen LogP contribution in [0.4, 0.5) is 0 Å². The Hall–Kier alpha value is -1.44. The van der Waals surface area contributed by atoms with Gasteiger partial charge in [-0.15, -0.1) is 0 Å². The Labute approximate surface area is 64.9 Å². The standard InChI is InChI=1S/C9H7N2/c1-7-4-6-11-9-8(7)3-2-5-10-9/h2-6H,1H2. The summed E-state index contributed by atoms with van der Waals surface area (Å²) in [6.45, 7) is 3.87. The summed E-state index contributed by atoms with van der Waals surface area (Å²) in [7, 11) is 0. The number of aromatic nitrogens is 2. The second-order valence-corrected chi connectivity index (χ2v) is 2.34. The van der Waals surface area contributed by atoms with E-state index in [1.165, 1.54) is 0 Å². The molecule has 2 heterocycles. The molecule has 0 aliphatic heterocycles. The largest absolute Gasteiger partial charge is 0.237 e. The van der Waals surface area contributed by atoms with Gasteiger partial charge in [-0.3, -0.25) is 0 Å². The average Bonchev–Trinajstić information content (AvgIpc) is 2.06. The van der Waals surface area contributed by atoms with Crippen LogP contribution in [-0.2, 0) is 0 Å². The molecule has 0 aliphatic carbocycles. The van der Waals surface area contributed by atoms with Crippen LogP contribution in [0.15, 0.2) is 30.6 Å². The third-order valence-corrected chi connectivity index (χ3v) is 1.61. The van der Waals surface area contributed by atoms with Crippen molar-refractivity contribution in [2.75, 3.05) is 0 Å². The molecule has 0 spiro atoms. The lowest BCUT2D eigenvalue weighted by atomic mass is 10.2. The molecule has 2 rings (SSSR count). The van der Waals surface area contributed by atoms with E-state index in [9.17, 15) is 0 Å². The zero-order valence-corrected chi connectivity index (χ0v) is 5.99. The van der Waals surface area contributed by atoms with Crippen LogP contribution in [-0.4, -0.2) is 9.97 Å². The van der Waals surface area contributed by atoms with Crippen LogP contribution in [0.5, 0.6) is 0 Å². The van der Waals surface area contributed by atoms with Crippen LogP contribution in [0.3, 0.4) is 0 Å². The van der Waals surface area contributed by atoms with Gasteiger partial charge in [0.15, 0.2) is 5.65 Å². The van der Waals surface area contributed by atoms with E-state index in [-0.39, 0.29) is 0 Å². The molecule has 0 atom stereocenters. The lowest BCUT2D eigenvalue weighted by Gasteiger charge is -1.96. The lowest BCUT2D eigenvalue weighted by Crippen LogP contribution is -1.83. The summed E-state index contributed by atoms with van der Waals surface area (Å²) >= 11 is 0. The minimum absolute atomic E-state index is 0.764. The highest BCUT2D eigenvalue weighted by Crippen LogP contribution is 2.11. The maximum absolute atomic E-state index is 4.09. The Balaban J connectivity index is 2.91. The van der Waals surface area contributed by atoms with Crippen LogP contribution < -0.4 is 0 Å². The van der Waals surface area contributed by atoms with Crippen LogP contribution >= 0.6 is 0 Å². The smallest absolute Gasteiger partial charge is 0.159 e. The van der Waals surface area contributed by atoms with E-state index < -0.39 is 0 Å². The molecule has 2 nitrogen and oxygen atoms in total. The first kappa shape index (κ1) is 6.28. The van der Waals surface area contributed by atoms with Crippen molar-refractivity contribution in [2.24, 2.45) is 0 Å². The quantitative estimate of drug-likeness (QED) is 0.562. The van der Waals surface area contributed by atoms with Crippen molar-refractivity contribution >= 4 is 11.0 Å². The molecule has 0 amide bonds. The summed E-state index contributed by atoms with van der Waals surface area (Å²) in [4.78, 5) is 8.18. The maximum atomic E-state index is 4.09. The zero-order chi connectivity index (χ0) is 7.68. The second-order valence-electron chi connectivity index (χ2n) is 2.34. The number of nitrogens with zero attached hydrogens (tertiary/aromatic N) is 2. The Kier molecular flexibility index (Phi) is 1.32. The van der Waals surface area contributed by atoms with Gasteiger partial charge in [-0.25, -0.2) is 9.97 Å². The van der Waals surface area contributed by atoms with Gasteiger partial charge in [-0.1, -0.05) is 0 Å². The molecule has 11 heavy (non-hydrogen) atoms. The molecule has 53 valence electrons. The third kappa shape index (κ3) is 0.963. The van der Waals surface area contributed by atoms with Crippen LogP contribution in [0.1, 0.15) is 5.56 Å². The molecule has 2 aromatic heterocycles. The summed E-state index contributed by atoms with van der Waals surface area (Å²) in [6.07, 6.45) is 3.45. The molecule has 0 saturated heterocycles. The Morgan fingerprint density at radius 2 is 1.91 bits per heavy atom. The molecular weight excluding hydrogens is 136 g/mol. The molecule has 0 saturated carbocycles. The molecule has 2 heteroatoms. The van der Waals surface area contributed by atoms with Crippen molar-refractivity contribution in [3.8, 4) is 0 Å². The molecule has 0 aliphatic rings. The number of pyridine rings is 2. The summed E-state index contributed by atoms with van der Waals surface area (Å²) in [6, 6.07) is 5.74. The normalized spacial score (nSPS) is 10.3. The van der Waals surface area contributed by atoms with Gasteiger partial charge < -0.3 is 0 Å². The average molecular weight is 143 g/mol. The second kappa shape index (κ2) is 2.31. The van der Waals surface area contributed by atoms with Gasteiger partial charge in [0, 0.05) is 17.8 Å². The van der Waals surface area contributed by atoms with Gasteiger partial charge in [-0.05, 0) is 30.7 Å². The summed E-state index contributed by atoms with van der Waals surface area (Å²) in [5.41, 5.74) is 1.74. The first-order valence-electron chi connectivity index (χ1n) is 3.39. The number of hydrogen-bond acceptors (Lipinski definition) is 2. The van der Waals surface area contributed by atoms with Crippen molar-refractivity contribution in [1.82, 2.24) is 9.97 Å². The lowest BCUT2D eigenvalue weighted by molar-refractivity contribution is 1.28.